The molecule has 8 nitrogen and oxygen atoms in total. The zero-order valence-corrected chi connectivity index (χ0v) is 16.7. The van der Waals surface area contributed by atoms with Crippen molar-refractivity contribution in [1.29, 1.82) is 0 Å². The Morgan fingerprint density at radius 3 is 2.29 bits per heavy atom. The van der Waals surface area contributed by atoms with Crippen molar-refractivity contribution in [3.8, 4) is 23.3 Å². The van der Waals surface area contributed by atoms with Crippen molar-refractivity contribution in [3.05, 3.63) is 71.3 Å². The first-order valence-corrected chi connectivity index (χ1v) is 8.97. The van der Waals surface area contributed by atoms with Crippen molar-refractivity contribution in [3.63, 3.8) is 0 Å². The van der Waals surface area contributed by atoms with Gasteiger partial charge in [0.2, 0.25) is 5.82 Å². The standard InChI is InChI=1S/C20H14ClF2N3O5/c1-28-20(27)17(26-29-10-22)12-6-2-4-8-14(12)30-18-16(23)19(25-11-24-18)31-15-9-5-3-7-13(15)21/h2-9,11H,10H2,1H3/b26-17+. The average molecular weight is 450 g/mol. The highest BCUT2D eigenvalue weighted by molar-refractivity contribution is 6.43. The molecule has 0 amide bonds. The molecular formula is C20H14ClF2N3O5. The van der Waals surface area contributed by atoms with Gasteiger partial charge in [0.05, 0.1) is 17.7 Å². The van der Waals surface area contributed by atoms with E-state index >= 15 is 0 Å². The topological polar surface area (TPSA) is 92.1 Å². The summed E-state index contributed by atoms with van der Waals surface area (Å²) in [5.41, 5.74) is -0.341. The van der Waals surface area contributed by atoms with E-state index in [4.69, 9.17) is 21.1 Å². The molecule has 160 valence electrons. The van der Waals surface area contributed by atoms with E-state index in [-0.39, 0.29) is 22.1 Å². The van der Waals surface area contributed by atoms with E-state index in [1.165, 1.54) is 18.2 Å². The molecule has 0 saturated heterocycles. The zero-order chi connectivity index (χ0) is 22.2. The number of ether oxygens (including phenoxy) is 3. The number of rotatable bonds is 8. The van der Waals surface area contributed by atoms with Gasteiger partial charge in [-0.1, -0.05) is 41.0 Å². The Labute approximate surface area is 180 Å². The normalized spacial score (nSPS) is 11.0. The summed E-state index contributed by atoms with van der Waals surface area (Å²) in [5, 5.41) is 3.66. The number of halogens is 3. The van der Waals surface area contributed by atoms with Gasteiger partial charge in [0.15, 0.2) is 5.71 Å². The number of hydrogen-bond donors (Lipinski definition) is 0. The first-order valence-electron chi connectivity index (χ1n) is 8.59. The van der Waals surface area contributed by atoms with Crippen molar-refractivity contribution in [2.45, 2.75) is 0 Å². The van der Waals surface area contributed by atoms with Crippen LogP contribution in [0.3, 0.4) is 0 Å². The van der Waals surface area contributed by atoms with Gasteiger partial charge in [-0.15, -0.1) is 0 Å². The van der Waals surface area contributed by atoms with E-state index in [0.29, 0.717) is 0 Å². The maximum absolute atomic E-state index is 14.9. The van der Waals surface area contributed by atoms with Gasteiger partial charge in [-0.2, -0.15) is 14.4 Å². The van der Waals surface area contributed by atoms with Gasteiger partial charge in [0, 0.05) is 0 Å². The number of esters is 1. The monoisotopic (exact) mass is 449 g/mol. The minimum absolute atomic E-state index is 0.0320. The van der Waals surface area contributed by atoms with Crippen LogP contribution in [0, 0.1) is 5.82 Å². The number of carbonyl (C=O) groups excluding carboxylic acids is 1. The second-order valence-electron chi connectivity index (χ2n) is 5.60. The summed E-state index contributed by atoms with van der Waals surface area (Å²) in [4.78, 5) is 23.9. The Kier molecular flexibility index (Phi) is 7.28. The van der Waals surface area contributed by atoms with E-state index < -0.39 is 36.1 Å². The third kappa shape index (κ3) is 5.23. The molecule has 0 spiro atoms. The fourth-order valence-electron chi connectivity index (χ4n) is 2.35. The number of nitrogens with zero attached hydrogens (tertiary/aromatic N) is 3. The van der Waals surface area contributed by atoms with Crippen molar-refractivity contribution < 1.29 is 32.6 Å². The van der Waals surface area contributed by atoms with Crippen LogP contribution >= 0.6 is 11.6 Å². The lowest BCUT2D eigenvalue weighted by Gasteiger charge is -2.12. The molecule has 0 saturated carbocycles. The zero-order valence-electron chi connectivity index (χ0n) is 15.9. The number of para-hydroxylation sites is 2. The number of hydrogen-bond acceptors (Lipinski definition) is 8. The lowest BCUT2D eigenvalue weighted by atomic mass is 10.1. The van der Waals surface area contributed by atoms with Crippen LogP contribution in [0.15, 0.2) is 60.0 Å². The molecule has 3 rings (SSSR count). The third-order valence-electron chi connectivity index (χ3n) is 3.70. The SMILES string of the molecule is COC(=O)/C(=N/OCF)c1ccccc1Oc1ncnc(Oc2ccccc2Cl)c1F. The lowest BCUT2D eigenvalue weighted by Crippen LogP contribution is -2.18. The summed E-state index contributed by atoms with van der Waals surface area (Å²) in [7, 11) is 1.11. The second kappa shape index (κ2) is 10.3. The van der Waals surface area contributed by atoms with Gasteiger partial charge >= 0.3 is 5.97 Å². The van der Waals surface area contributed by atoms with Crippen LogP contribution in [0.5, 0.6) is 23.3 Å². The highest BCUT2D eigenvalue weighted by atomic mass is 35.5. The highest BCUT2D eigenvalue weighted by Gasteiger charge is 2.23. The fraction of sp³-hybridized carbons (Fsp3) is 0.100. The molecule has 0 unspecified atom stereocenters. The Morgan fingerprint density at radius 1 is 1.03 bits per heavy atom. The molecule has 31 heavy (non-hydrogen) atoms. The summed E-state index contributed by atoms with van der Waals surface area (Å²) in [6.07, 6.45) is 1.02. The Morgan fingerprint density at radius 2 is 1.65 bits per heavy atom. The van der Waals surface area contributed by atoms with Crippen molar-refractivity contribution >= 4 is 23.3 Å². The van der Waals surface area contributed by atoms with E-state index in [9.17, 15) is 13.6 Å². The summed E-state index contributed by atoms with van der Waals surface area (Å²) in [5.74, 6) is -2.73. The maximum atomic E-state index is 14.9. The summed E-state index contributed by atoms with van der Waals surface area (Å²) in [6, 6.07) is 12.4. The Balaban J connectivity index is 1.95. The smallest absolute Gasteiger partial charge is 0.360 e. The molecule has 0 fully saturated rings. The quantitative estimate of drug-likeness (QED) is 0.280. The number of benzene rings is 2. The molecule has 0 bridgehead atoms. The summed E-state index contributed by atoms with van der Waals surface area (Å²) < 4.78 is 42.9. The van der Waals surface area contributed by atoms with Gasteiger partial charge in [-0.05, 0) is 24.3 Å². The number of methoxy groups -OCH3 is 1. The average Bonchev–Trinajstić information content (AvgIpc) is 2.79. The van der Waals surface area contributed by atoms with Crippen LogP contribution in [0.1, 0.15) is 5.56 Å². The molecule has 1 aromatic heterocycles. The Bertz CT molecular complexity index is 1110. The van der Waals surface area contributed by atoms with E-state index in [1.807, 2.05) is 0 Å². The van der Waals surface area contributed by atoms with Crippen LogP contribution in [-0.4, -0.2) is 35.6 Å². The summed E-state index contributed by atoms with van der Waals surface area (Å²) in [6.45, 7) is -1.27. The van der Waals surface area contributed by atoms with Crippen LogP contribution in [0.2, 0.25) is 5.02 Å². The first kappa shape index (κ1) is 21.9. The van der Waals surface area contributed by atoms with Crippen molar-refractivity contribution in [2.75, 3.05) is 14.0 Å². The predicted molar refractivity (Wildman–Crippen MR) is 106 cm³/mol. The molecule has 0 atom stereocenters. The molecule has 11 heteroatoms. The van der Waals surface area contributed by atoms with Gasteiger partial charge < -0.3 is 19.0 Å². The van der Waals surface area contributed by atoms with Gasteiger partial charge in [0.1, 0.15) is 17.8 Å². The molecule has 0 radical (unpaired) electrons. The van der Waals surface area contributed by atoms with Crippen LogP contribution < -0.4 is 9.47 Å². The van der Waals surface area contributed by atoms with Gasteiger partial charge in [-0.3, -0.25) is 0 Å². The van der Waals surface area contributed by atoms with Crippen LogP contribution in [0.4, 0.5) is 8.78 Å². The van der Waals surface area contributed by atoms with E-state index in [2.05, 4.69) is 24.7 Å². The van der Waals surface area contributed by atoms with Crippen LogP contribution in [0.25, 0.3) is 0 Å². The van der Waals surface area contributed by atoms with Crippen LogP contribution in [-0.2, 0) is 14.4 Å². The van der Waals surface area contributed by atoms with E-state index in [0.717, 1.165) is 13.4 Å². The van der Waals surface area contributed by atoms with Crippen molar-refractivity contribution in [1.82, 2.24) is 9.97 Å². The van der Waals surface area contributed by atoms with Crippen molar-refractivity contribution in [2.24, 2.45) is 5.16 Å². The fourth-order valence-corrected chi connectivity index (χ4v) is 2.52. The third-order valence-corrected chi connectivity index (χ3v) is 4.01. The number of carbonyl (C=O) groups is 1. The maximum Gasteiger partial charge on any atom is 0.360 e. The van der Waals surface area contributed by atoms with Gasteiger partial charge in [0.25, 0.3) is 18.6 Å². The largest absolute Gasteiger partial charge is 0.464 e. The molecule has 3 aromatic rings. The number of alkyl halides is 1. The molecule has 2 aromatic carbocycles. The molecule has 1 heterocycles. The molecule has 0 aliphatic carbocycles. The minimum Gasteiger partial charge on any atom is -0.464 e. The molecular weight excluding hydrogens is 436 g/mol. The summed E-state index contributed by atoms with van der Waals surface area (Å²) >= 11 is 6.02. The second-order valence-corrected chi connectivity index (χ2v) is 6.01. The Hall–Kier alpha value is -3.79. The first-order chi connectivity index (χ1) is 15.0. The lowest BCUT2D eigenvalue weighted by molar-refractivity contribution is -0.132. The predicted octanol–water partition coefficient (Wildman–Crippen LogP) is 4.67. The number of oxime groups is 1. The minimum atomic E-state index is -1.27. The molecule has 0 N–H and O–H groups in total. The molecule has 0 aliphatic rings. The van der Waals surface area contributed by atoms with Gasteiger partial charge in [-0.25, -0.2) is 9.18 Å². The van der Waals surface area contributed by atoms with E-state index in [1.54, 1.807) is 30.3 Å². The molecule has 0 aliphatic heterocycles. The number of aromatic nitrogens is 2. The highest BCUT2D eigenvalue weighted by Crippen LogP contribution is 2.33.